The summed E-state index contributed by atoms with van der Waals surface area (Å²) in [5.41, 5.74) is 2.04. The first kappa shape index (κ1) is 19.5. The Balaban J connectivity index is 1.49. The molecule has 1 N–H and O–H groups in total. The Morgan fingerprint density at radius 3 is 2.30 bits per heavy atom. The van der Waals surface area contributed by atoms with Crippen molar-refractivity contribution < 1.29 is 18.3 Å². The zero-order valence-electron chi connectivity index (χ0n) is 15.3. The smallest absolute Gasteiger partial charge is 0.251 e. The molecule has 0 radical (unpaired) electrons. The van der Waals surface area contributed by atoms with Crippen LogP contribution in [0.3, 0.4) is 0 Å². The van der Waals surface area contributed by atoms with Crippen molar-refractivity contribution in [3.63, 3.8) is 0 Å². The Morgan fingerprint density at radius 2 is 1.70 bits per heavy atom. The monoisotopic (exact) mass is 388 g/mol. The Kier molecular flexibility index (Phi) is 6.60. The molecular weight excluding hydrogens is 364 g/mol. The third kappa shape index (κ3) is 5.15. The van der Waals surface area contributed by atoms with E-state index in [2.05, 4.69) is 4.90 Å². The number of piperazine rings is 1. The summed E-state index contributed by atoms with van der Waals surface area (Å²) in [7, 11) is 0. The Morgan fingerprint density at radius 1 is 1.07 bits per heavy atom. The van der Waals surface area contributed by atoms with E-state index in [1.807, 2.05) is 47.4 Å². The van der Waals surface area contributed by atoms with E-state index in [9.17, 15) is 9.00 Å². The molecule has 144 valence electrons. The number of ether oxygens (including phenoxy) is 1. The highest BCUT2D eigenvalue weighted by Gasteiger charge is 2.25. The van der Waals surface area contributed by atoms with Gasteiger partial charge in [0, 0.05) is 31.9 Å². The lowest BCUT2D eigenvalue weighted by atomic mass is 10.2. The van der Waals surface area contributed by atoms with E-state index in [-0.39, 0.29) is 5.91 Å². The molecule has 1 aliphatic rings. The highest BCUT2D eigenvalue weighted by molar-refractivity contribution is 7.79. The van der Waals surface area contributed by atoms with Crippen LogP contribution in [0.15, 0.2) is 59.5 Å². The minimum atomic E-state index is -1.96. The lowest BCUT2D eigenvalue weighted by Crippen LogP contribution is -2.51. The Labute approximate surface area is 162 Å². The van der Waals surface area contributed by atoms with Gasteiger partial charge in [0.15, 0.2) is 11.1 Å². The number of carbonyl (C=O) groups is 1. The van der Waals surface area contributed by atoms with Gasteiger partial charge in [-0.15, -0.1) is 0 Å². The molecule has 1 fully saturated rings. The summed E-state index contributed by atoms with van der Waals surface area (Å²) in [5, 5.41) is 0. The fourth-order valence-corrected chi connectivity index (χ4v) is 3.45. The Hall–Kier alpha value is -2.22. The summed E-state index contributed by atoms with van der Waals surface area (Å²) >= 11 is -1.96. The number of hydrogen-bond acceptors (Lipinski definition) is 4. The Bertz CT molecular complexity index is 774. The standard InChI is InChI=1S/C20H24N2O4S/c1-16(26-15-17-5-3-2-4-6-17)20(23)22-13-11-21(12-14-22)18-7-9-19(10-8-18)27(24)25/h2-10,16H,11-15H2,1H3,(H,24,25). The van der Waals surface area contributed by atoms with Crippen LogP contribution in [0.1, 0.15) is 12.5 Å². The van der Waals surface area contributed by atoms with Gasteiger partial charge in [0.25, 0.3) is 5.91 Å². The second-order valence-corrected chi connectivity index (χ2v) is 7.46. The van der Waals surface area contributed by atoms with Crippen LogP contribution < -0.4 is 4.90 Å². The highest BCUT2D eigenvalue weighted by Crippen LogP contribution is 2.19. The van der Waals surface area contributed by atoms with E-state index in [4.69, 9.17) is 9.29 Å². The molecule has 2 aromatic carbocycles. The van der Waals surface area contributed by atoms with Crippen molar-refractivity contribution in [1.82, 2.24) is 4.90 Å². The summed E-state index contributed by atoms with van der Waals surface area (Å²) in [4.78, 5) is 17.0. The van der Waals surface area contributed by atoms with Crippen molar-refractivity contribution in [2.45, 2.75) is 24.5 Å². The molecule has 6 nitrogen and oxygen atoms in total. The summed E-state index contributed by atoms with van der Waals surface area (Å²) in [5.74, 6) is 0.0107. The zero-order chi connectivity index (χ0) is 19.2. The molecule has 1 saturated heterocycles. The molecule has 0 aliphatic carbocycles. The van der Waals surface area contributed by atoms with Crippen molar-refractivity contribution >= 4 is 22.7 Å². The highest BCUT2D eigenvalue weighted by atomic mass is 32.2. The van der Waals surface area contributed by atoms with Gasteiger partial charge in [0.2, 0.25) is 0 Å². The fourth-order valence-electron chi connectivity index (χ4n) is 3.08. The van der Waals surface area contributed by atoms with Gasteiger partial charge in [-0.1, -0.05) is 30.3 Å². The van der Waals surface area contributed by atoms with Crippen molar-refractivity contribution in [2.24, 2.45) is 0 Å². The number of carbonyl (C=O) groups excluding carboxylic acids is 1. The minimum absolute atomic E-state index is 0.0107. The molecular formula is C20H24N2O4S. The van der Waals surface area contributed by atoms with Crippen LogP contribution in [0, 0.1) is 0 Å². The van der Waals surface area contributed by atoms with Crippen molar-refractivity contribution in [3.05, 3.63) is 60.2 Å². The van der Waals surface area contributed by atoms with E-state index in [0.29, 0.717) is 24.6 Å². The summed E-state index contributed by atoms with van der Waals surface area (Å²) in [6.45, 7) is 4.92. The summed E-state index contributed by atoms with van der Waals surface area (Å²) in [6.07, 6.45) is -0.476. The molecule has 0 aromatic heterocycles. The normalized spacial score (nSPS) is 16.8. The number of hydrogen-bond donors (Lipinski definition) is 1. The van der Waals surface area contributed by atoms with E-state index >= 15 is 0 Å². The SMILES string of the molecule is CC(OCc1ccccc1)C(=O)N1CCN(c2ccc(S(=O)O)cc2)CC1. The van der Waals surface area contributed by atoms with Gasteiger partial charge in [-0.3, -0.25) is 4.79 Å². The van der Waals surface area contributed by atoms with Crippen LogP contribution >= 0.6 is 0 Å². The van der Waals surface area contributed by atoms with Gasteiger partial charge >= 0.3 is 0 Å². The number of anilines is 1. The van der Waals surface area contributed by atoms with E-state index in [1.165, 1.54) is 0 Å². The molecule has 0 spiro atoms. The maximum absolute atomic E-state index is 12.6. The molecule has 2 unspecified atom stereocenters. The quantitative estimate of drug-likeness (QED) is 0.770. The minimum Gasteiger partial charge on any atom is -0.368 e. The molecule has 7 heteroatoms. The first-order chi connectivity index (χ1) is 13.0. The maximum Gasteiger partial charge on any atom is 0.251 e. The van der Waals surface area contributed by atoms with Crippen LogP contribution in [0.4, 0.5) is 5.69 Å². The molecule has 27 heavy (non-hydrogen) atoms. The largest absolute Gasteiger partial charge is 0.368 e. The van der Waals surface area contributed by atoms with E-state index in [0.717, 1.165) is 24.3 Å². The molecule has 0 bridgehead atoms. The van der Waals surface area contributed by atoms with Gasteiger partial charge in [0.1, 0.15) is 6.10 Å². The molecule has 1 aliphatic heterocycles. The zero-order valence-corrected chi connectivity index (χ0v) is 16.1. The van der Waals surface area contributed by atoms with Crippen molar-refractivity contribution in [1.29, 1.82) is 0 Å². The van der Waals surface area contributed by atoms with Crippen LogP contribution in [0.2, 0.25) is 0 Å². The second kappa shape index (κ2) is 9.12. The maximum atomic E-state index is 12.6. The number of amides is 1. The van der Waals surface area contributed by atoms with Crippen LogP contribution in [-0.4, -0.2) is 51.9 Å². The van der Waals surface area contributed by atoms with Gasteiger partial charge in [-0.2, -0.15) is 0 Å². The van der Waals surface area contributed by atoms with Gasteiger partial charge in [-0.25, -0.2) is 4.21 Å². The van der Waals surface area contributed by atoms with Gasteiger partial charge in [0.05, 0.1) is 11.5 Å². The average molecular weight is 388 g/mol. The summed E-state index contributed by atoms with van der Waals surface area (Å²) < 4.78 is 25.9. The molecule has 2 aromatic rings. The molecule has 0 saturated carbocycles. The third-order valence-electron chi connectivity index (χ3n) is 4.69. The lowest BCUT2D eigenvalue weighted by Gasteiger charge is -2.37. The number of benzene rings is 2. The van der Waals surface area contributed by atoms with E-state index < -0.39 is 17.2 Å². The predicted molar refractivity (Wildman–Crippen MR) is 105 cm³/mol. The topological polar surface area (TPSA) is 70.1 Å². The van der Waals surface area contributed by atoms with Crippen molar-refractivity contribution in [3.8, 4) is 0 Å². The molecule has 1 heterocycles. The fraction of sp³-hybridized carbons (Fsp3) is 0.350. The molecule has 2 atom stereocenters. The molecule has 1 amide bonds. The first-order valence-corrected chi connectivity index (χ1v) is 10.1. The second-order valence-electron chi connectivity index (χ2n) is 6.49. The number of rotatable bonds is 6. The third-order valence-corrected chi connectivity index (χ3v) is 5.36. The first-order valence-electron chi connectivity index (χ1n) is 8.95. The number of nitrogens with zero attached hydrogens (tertiary/aromatic N) is 2. The summed E-state index contributed by atoms with van der Waals surface area (Å²) in [6, 6.07) is 16.8. The van der Waals surface area contributed by atoms with Crippen LogP contribution in [0.25, 0.3) is 0 Å². The van der Waals surface area contributed by atoms with Crippen LogP contribution in [0.5, 0.6) is 0 Å². The lowest BCUT2D eigenvalue weighted by molar-refractivity contribution is -0.143. The predicted octanol–water partition coefficient (Wildman–Crippen LogP) is 2.52. The van der Waals surface area contributed by atoms with Gasteiger partial charge < -0.3 is 19.1 Å². The van der Waals surface area contributed by atoms with Gasteiger partial charge in [-0.05, 0) is 36.8 Å². The van der Waals surface area contributed by atoms with E-state index in [1.54, 1.807) is 19.1 Å². The average Bonchev–Trinajstić information content (AvgIpc) is 2.72. The molecule has 3 rings (SSSR count). The van der Waals surface area contributed by atoms with Crippen LogP contribution in [-0.2, 0) is 27.2 Å². The van der Waals surface area contributed by atoms with Crippen molar-refractivity contribution in [2.75, 3.05) is 31.1 Å².